The maximum absolute atomic E-state index is 5.42. The van der Waals surface area contributed by atoms with Crippen molar-refractivity contribution in [2.75, 3.05) is 4.90 Å². The van der Waals surface area contributed by atoms with Crippen molar-refractivity contribution in [3.63, 3.8) is 0 Å². The molecule has 10 aromatic rings. The largest absolute Gasteiger partial charge is 0.311 e. The number of anilines is 3. The highest BCUT2D eigenvalue weighted by Gasteiger charge is 2.19. The number of aryl methyl sites for hydroxylation is 1. The van der Waals surface area contributed by atoms with Crippen molar-refractivity contribution in [1.82, 2.24) is 14.5 Å². The summed E-state index contributed by atoms with van der Waals surface area (Å²) in [6.45, 7) is 6.10. The van der Waals surface area contributed by atoms with E-state index in [9.17, 15) is 0 Å². The van der Waals surface area contributed by atoms with Crippen molar-refractivity contribution >= 4 is 45.1 Å². The van der Waals surface area contributed by atoms with Gasteiger partial charge in [-0.2, -0.15) is 0 Å². The van der Waals surface area contributed by atoms with E-state index in [4.69, 9.17) is 9.97 Å². The highest BCUT2D eigenvalue weighted by Crippen LogP contribution is 2.39. The Hall–Kier alpha value is -8.08. The van der Waals surface area contributed by atoms with Gasteiger partial charge in [-0.3, -0.25) is 0 Å². The molecule has 2 heterocycles. The van der Waals surface area contributed by atoms with Gasteiger partial charge in [0, 0.05) is 50.5 Å². The Morgan fingerprint density at radius 1 is 0.475 bits per heavy atom. The quantitative estimate of drug-likeness (QED) is 0.130. The van der Waals surface area contributed by atoms with Crippen LogP contribution in [0.3, 0.4) is 0 Å². The summed E-state index contributed by atoms with van der Waals surface area (Å²) in [5, 5.41) is 1.24. The predicted octanol–water partition coefficient (Wildman–Crippen LogP) is 15.2. The zero-order chi connectivity index (χ0) is 41.1. The summed E-state index contributed by atoms with van der Waals surface area (Å²) in [6.07, 6.45) is 5.97. The van der Waals surface area contributed by atoms with Gasteiger partial charge >= 0.3 is 0 Å². The fourth-order valence-electron chi connectivity index (χ4n) is 8.38. The molecule has 61 heavy (non-hydrogen) atoms. The Labute approximate surface area is 356 Å². The molecule has 0 spiro atoms. The lowest BCUT2D eigenvalue weighted by molar-refractivity contribution is 1.09. The van der Waals surface area contributed by atoms with Gasteiger partial charge in [0.1, 0.15) is 0 Å². The molecule has 0 saturated carbocycles. The van der Waals surface area contributed by atoms with Crippen LogP contribution in [-0.2, 0) is 0 Å². The molecule has 0 radical (unpaired) electrons. The second-order valence-corrected chi connectivity index (χ2v) is 15.1. The smallest absolute Gasteiger partial charge is 0.0973 e. The molecule has 8 aromatic carbocycles. The standard InChI is InChI=1S/C57H42N4/c1-3-4-26-53-40(2)50-23-14-15-27-54(50)61(53)49-38-36-48(37-39-49)60(46-21-12-7-13-22-46)47-34-32-45(33-35-47)55-56(44-19-10-6-11-20-44)59-57-51(24-16-25-52(57)58-55)43-30-28-42(29-31-43)41-17-8-5-9-18-41/h3-39H,1H2,2H3/b26-4-. The van der Waals surface area contributed by atoms with E-state index < -0.39 is 0 Å². The summed E-state index contributed by atoms with van der Waals surface area (Å²) in [5.74, 6) is 0. The first kappa shape index (κ1) is 37.2. The molecular weight excluding hydrogens is 741 g/mol. The molecule has 0 aliphatic heterocycles. The van der Waals surface area contributed by atoms with E-state index in [1.807, 2.05) is 24.3 Å². The second-order valence-electron chi connectivity index (χ2n) is 15.1. The number of hydrogen-bond acceptors (Lipinski definition) is 3. The fourth-order valence-corrected chi connectivity index (χ4v) is 8.38. The van der Waals surface area contributed by atoms with Crippen molar-refractivity contribution < 1.29 is 0 Å². The van der Waals surface area contributed by atoms with Crippen LogP contribution in [0, 0.1) is 6.92 Å². The number of benzene rings is 8. The molecule has 0 fully saturated rings. The van der Waals surface area contributed by atoms with E-state index in [1.165, 1.54) is 27.6 Å². The molecule has 0 N–H and O–H groups in total. The molecule has 290 valence electrons. The monoisotopic (exact) mass is 782 g/mol. The van der Waals surface area contributed by atoms with Gasteiger partial charge in [-0.1, -0.05) is 164 Å². The highest BCUT2D eigenvalue weighted by atomic mass is 15.1. The Morgan fingerprint density at radius 3 is 1.69 bits per heavy atom. The predicted molar refractivity (Wildman–Crippen MR) is 257 cm³/mol. The van der Waals surface area contributed by atoms with Crippen molar-refractivity contribution in [1.29, 1.82) is 0 Å². The molecule has 0 aliphatic rings. The van der Waals surface area contributed by atoms with Crippen LogP contribution in [0.1, 0.15) is 11.3 Å². The number of aromatic nitrogens is 3. The lowest BCUT2D eigenvalue weighted by atomic mass is 9.98. The first-order valence-corrected chi connectivity index (χ1v) is 20.6. The minimum Gasteiger partial charge on any atom is -0.311 e. The minimum atomic E-state index is 0.841. The van der Waals surface area contributed by atoms with Crippen LogP contribution in [-0.4, -0.2) is 14.5 Å². The second kappa shape index (κ2) is 16.3. The first-order valence-electron chi connectivity index (χ1n) is 20.6. The minimum absolute atomic E-state index is 0.841. The topological polar surface area (TPSA) is 34.0 Å². The number of hydrogen-bond donors (Lipinski definition) is 0. The van der Waals surface area contributed by atoms with Gasteiger partial charge in [-0.25, -0.2) is 9.97 Å². The van der Waals surface area contributed by atoms with Gasteiger partial charge in [-0.15, -0.1) is 0 Å². The van der Waals surface area contributed by atoms with E-state index in [1.54, 1.807) is 0 Å². The lowest BCUT2D eigenvalue weighted by Crippen LogP contribution is -2.10. The summed E-state index contributed by atoms with van der Waals surface area (Å²) >= 11 is 0. The van der Waals surface area contributed by atoms with Crippen molar-refractivity contribution in [3.8, 4) is 50.5 Å². The third-order valence-corrected chi connectivity index (χ3v) is 11.4. The summed E-state index contributed by atoms with van der Waals surface area (Å²) in [7, 11) is 0. The zero-order valence-electron chi connectivity index (χ0n) is 33.9. The summed E-state index contributed by atoms with van der Waals surface area (Å²) in [6, 6.07) is 72.5. The molecule has 2 aromatic heterocycles. The Kier molecular flexibility index (Phi) is 9.93. The Morgan fingerprint density at radius 2 is 1.00 bits per heavy atom. The van der Waals surface area contributed by atoms with Crippen LogP contribution in [0.5, 0.6) is 0 Å². The van der Waals surface area contributed by atoms with Crippen LogP contribution < -0.4 is 4.90 Å². The SMILES string of the molecule is C=C/C=C\c1c(C)c2ccccc2n1-c1ccc(N(c2ccccc2)c2ccc(-c3nc4cccc(-c5ccc(-c6ccccc6)cc5)c4nc3-c3ccccc3)cc2)cc1. The van der Waals surface area contributed by atoms with Gasteiger partial charge in [0.25, 0.3) is 0 Å². The molecule has 0 amide bonds. The average Bonchev–Trinajstić information content (AvgIpc) is 3.62. The maximum atomic E-state index is 5.42. The van der Waals surface area contributed by atoms with Gasteiger partial charge in [0.15, 0.2) is 0 Å². The molecule has 0 unspecified atom stereocenters. The van der Waals surface area contributed by atoms with E-state index in [0.717, 1.165) is 73.1 Å². The van der Waals surface area contributed by atoms with Crippen molar-refractivity contribution in [2.45, 2.75) is 6.92 Å². The van der Waals surface area contributed by atoms with Gasteiger partial charge in [0.2, 0.25) is 0 Å². The molecule has 0 aliphatic carbocycles. The lowest BCUT2D eigenvalue weighted by Gasteiger charge is -2.26. The maximum Gasteiger partial charge on any atom is 0.0973 e. The molecule has 4 heteroatoms. The van der Waals surface area contributed by atoms with Gasteiger partial charge in [0.05, 0.1) is 27.9 Å². The number of fused-ring (bicyclic) bond motifs is 2. The summed E-state index contributed by atoms with van der Waals surface area (Å²) < 4.78 is 2.33. The third kappa shape index (κ3) is 7.11. The first-order chi connectivity index (χ1) is 30.1. The summed E-state index contributed by atoms with van der Waals surface area (Å²) in [4.78, 5) is 13.1. The fraction of sp³-hybridized carbons (Fsp3) is 0.0175. The van der Waals surface area contributed by atoms with E-state index in [2.05, 4.69) is 223 Å². The highest BCUT2D eigenvalue weighted by molar-refractivity contribution is 5.96. The van der Waals surface area contributed by atoms with Crippen molar-refractivity contribution in [3.05, 3.63) is 236 Å². The molecular formula is C57H42N4. The van der Waals surface area contributed by atoms with Crippen LogP contribution in [0.2, 0.25) is 0 Å². The van der Waals surface area contributed by atoms with Gasteiger partial charge < -0.3 is 9.47 Å². The van der Waals surface area contributed by atoms with E-state index in [-0.39, 0.29) is 0 Å². The third-order valence-electron chi connectivity index (χ3n) is 11.4. The number of rotatable bonds is 10. The van der Waals surface area contributed by atoms with Crippen LogP contribution in [0.4, 0.5) is 17.1 Å². The van der Waals surface area contributed by atoms with Crippen LogP contribution in [0.15, 0.2) is 225 Å². The Bertz CT molecular complexity index is 3170. The van der Waals surface area contributed by atoms with E-state index in [0.29, 0.717) is 0 Å². The number of allylic oxidation sites excluding steroid dienone is 2. The normalized spacial score (nSPS) is 11.4. The molecule has 0 atom stereocenters. The number of nitrogens with zero attached hydrogens (tertiary/aromatic N) is 4. The molecule has 4 nitrogen and oxygen atoms in total. The van der Waals surface area contributed by atoms with E-state index >= 15 is 0 Å². The van der Waals surface area contributed by atoms with Crippen molar-refractivity contribution in [2.24, 2.45) is 0 Å². The van der Waals surface area contributed by atoms with Gasteiger partial charge in [-0.05, 0) is 95.9 Å². The molecule has 0 saturated heterocycles. The molecule has 0 bridgehead atoms. The molecule has 10 rings (SSSR count). The Balaban J connectivity index is 1.04. The van der Waals surface area contributed by atoms with Crippen LogP contribution >= 0.6 is 0 Å². The zero-order valence-corrected chi connectivity index (χ0v) is 33.9. The summed E-state index contributed by atoms with van der Waals surface area (Å²) in [5.41, 5.74) is 17.8. The average molecular weight is 783 g/mol. The number of para-hydroxylation sites is 3. The van der Waals surface area contributed by atoms with Crippen LogP contribution in [0.25, 0.3) is 78.5 Å².